The van der Waals surface area contributed by atoms with Crippen molar-refractivity contribution in [2.75, 3.05) is 0 Å². The van der Waals surface area contributed by atoms with Crippen LogP contribution in [-0.4, -0.2) is 20.3 Å². The minimum atomic E-state index is 0. The van der Waals surface area contributed by atoms with Gasteiger partial charge in [-0.05, 0) is 73.4 Å². The van der Waals surface area contributed by atoms with E-state index in [1.165, 1.54) is 11.1 Å². The van der Waals surface area contributed by atoms with Gasteiger partial charge in [0.25, 0.3) is 0 Å². The molecule has 4 rings (SSSR count). The monoisotopic (exact) mass is 498 g/mol. The van der Waals surface area contributed by atoms with Gasteiger partial charge in [-0.1, -0.05) is 85.4 Å². The topological polar surface area (TPSA) is 56.1 Å². The number of amidine groups is 1. The summed E-state index contributed by atoms with van der Waals surface area (Å²) >= 11 is 1.60. The molecule has 0 bridgehead atoms. The van der Waals surface area contributed by atoms with E-state index in [4.69, 9.17) is 4.99 Å². The van der Waals surface area contributed by atoms with E-state index in [2.05, 4.69) is 49.1 Å². The first-order valence-corrected chi connectivity index (χ1v) is 12.4. The summed E-state index contributed by atoms with van der Waals surface area (Å²) in [6.45, 7) is 7.43. The molecule has 0 saturated carbocycles. The largest absolute Gasteiger partial charge is 0.508 e. The second kappa shape index (κ2) is 12.3. The lowest BCUT2D eigenvalue weighted by Gasteiger charge is -2.27. The van der Waals surface area contributed by atoms with Crippen molar-refractivity contribution in [1.29, 1.82) is 0 Å². The number of benzene rings is 4. The van der Waals surface area contributed by atoms with Crippen LogP contribution in [0, 0.1) is 20.8 Å². The Kier molecular flexibility index (Phi) is 9.20. The minimum absolute atomic E-state index is 0. The summed E-state index contributed by atoms with van der Waals surface area (Å²) in [6, 6.07) is 29.4. The van der Waals surface area contributed by atoms with Crippen molar-refractivity contribution in [1.82, 2.24) is 4.90 Å². The van der Waals surface area contributed by atoms with Gasteiger partial charge in [-0.3, -0.25) is 0 Å². The number of phenolic OH excluding ortho intramolecular Hbond substituents is 2. The third kappa shape index (κ3) is 7.15. The average molecular weight is 499 g/mol. The first-order valence-electron chi connectivity index (χ1n) is 11.6. The minimum Gasteiger partial charge on any atom is -0.508 e. The summed E-state index contributed by atoms with van der Waals surface area (Å²) in [5.41, 5.74) is 6.19. The molecule has 186 valence electrons. The number of phenols is 2. The van der Waals surface area contributed by atoms with Crippen LogP contribution in [-0.2, 0) is 13.1 Å². The molecule has 0 radical (unpaired) electrons. The Labute approximate surface area is 219 Å². The number of aryl methyl sites for hydroxylation is 3. The number of aliphatic imine (C=N–C) groups is 1. The molecule has 0 spiro atoms. The first kappa shape index (κ1) is 26.9. The Hall–Kier alpha value is -3.70. The molecule has 2 N–H and O–H groups in total. The number of thioether (sulfide) groups is 1. The summed E-state index contributed by atoms with van der Waals surface area (Å²) in [4.78, 5) is 8.33. The van der Waals surface area contributed by atoms with Crippen molar-refractivity contribution in [3.8, 4) is 11.5 Å². The third-order valence-electron chi connectivity index (χ3n) is 5.68. The summed E-state index contributed by atoms with van der Waals surface area (Å²) in [5, 5.41) is 21.1. The Morgan fingerprint density at radius 1 is 0.750 bits per heavy atom. The van der Waals surface area contributed by atoms with Crippen LogP contribution < -0.4 is 0 Å². The highest BCUT2D eigenvalue weighted by Gasteiger charge is 2.17. The molecule has 0 aliphatic heterocycles. The van der Waals surface area contributed by atoms with Crippen LogP contribution in [0.25, 0.3) is 0 Å². The summed E-state index contributed by atoms with van der Waals surface area (Å²) in [7, 11) is 0. The van der Waals surface area contributed by atoms with Gasteiger partial charge in [0.1, 0.15) is 17.2 Å². The highest BCUT2D eigenvalue weighted by atomic mass is 32.2. The van der Waals surface area contributed by atoms with Crippen molar-refractivity contribution >= 4 is 22.6 Å². The fraction of sp³-hybridized carbons (Fsp3) is 0.194. The number of hydrogen-bond donors (Lipinski definition) is 2. The van der Waals surface area contributed by atoms with Gasteiger partial charge in [-0.25, -0.2) is 4.99 Å². The maximum absolute atomic E-state index is 10.6. The van der Waals surface area contributed by atoms with Crippen LogP contribution >= 0.6 is 11.8 Å². The van der Waals surface area contributed by atoms with E-state index in [1.54, 1.807) is 30.0 Å². The lowest BCUT2D eigenvalue weighted by Crippen LogP contribution is -2.28. The standard InChI is InChI=1S/C30H30N2O2S.CH4/c1-21-10-16-29(23(3)17-21)35-30(31-27-18-22(2)9-15-28(27)34)32(19-24-7-5-4-6-8-24)20-25-11-13-26(33)14-12-25;/h4-18,33-34H,19-20H2,1-3H3;1H4. The van der Waals surface area contributed by atoms with Gasteiger partial charge >= 0.3 is 0 Å². The van der Waals surface area contributed by atoms with Gasteiger partial charge in [0.15, 0.2) is 5.17 Å². The first-order chi connectivity index (χ1) is 16.9. The number of rotatable bonds is 6. The predicted molar refractivity (Wildman–Crippen MR) is 152 cm³/mol. The van der Waals surface area contributed by atoms with Crippen LogP contribution in [0.4, 0.5) is 5.69 Å². The molecule has 0 amide bonds. The third-order valence-corrected chi connectivity index (χ3v) is 6.89. The molecule has 0 heterocycles. The molecule has 0 aliphatic rings. The normalized spacial score (nSPS) is 11.1. The highest BCUT2D eigenvalue weighted by molar-refractivity contribution is 8.13. The van der Waals surface area contributed by atoms with Crippen LogP contribution in [0.2, 0.25) is 0 Å². The molecule has 0 unspecified atom stereocenters. The van der Waals surface area contributed by atoms with E-state index in [0.29, 0.717) is 18.8 Å². The zero-order valence-electron chi connectivity index (χ0n) is 20.3. The maximum atomic E-state index is 10.6. The van der Waals surface area contributed by atoms with Crippen molar-refractivity contribution in [2.24, 2.45) is 4.99 Å². The molecule has 4 aromatic rings. The zero-order valence-corrected chi connectivity index (χ0v) is 21.1. The average Bonchev–Trinajstić information content (AvgIpc) is 2.84. The number of nitrogens with zero attached hydrogens (tertiary/aromatic N) is 2. The number of aromatic hydroxyl groups is 2. The predicted octanol–water partition coefficient (Wildman–Crippen LogP) is 8.14. The second-order valence-electron chi connectivity index (χ2n) is 8.77. The molecule has 4 nitrogen and oxygen atoms in total. The van der Waals surface area contributed by atoms with Crippen LogP contribution in [0.15, 0.2) is 101 Å². The van der Waals surface area contributed by atoms with Gasteiger partial charge in [0.2, 0.25) is 0 Å². The molecule has 0 atom stereocenters. The van der Waals surface area contributed by atoms with Crippen molar-refractivity contribution in [2.45, 2.75) is 46.2 Å². The Bertz CT molecular complexity index is 1320. The van der Waals surface area contributed by atoms with Crippen LogP contribution in [0.1, 0.15) is 35.2 Å². The molecule has 4 aromatic carbocycles. The quantitative estimate of drug-likeness (QED) is 0.160. The van der Waals surface area contributed by atoms with Crippen LogP contribution in [0.5, 0.6) is 11.5 Å². The smallest absolute Gasteiger partial charge is 0.170 e. The zero-order chi connectivity index (χ0) is 24.8. The van der Waals surface area contributed by atoms with Crippen molar-refractivity contribution in [3.63, 3.8) is 0 Å². The van der Waals surface area contributed by atoms with Gasteiger partial charge < -0.3 is 15.1 Å². The van der Waals surface area contributed by atoms with Crippen molar-refractivity contribution in [3.05, 3.63) is 119 Å². The SMILES string of the molecule is C.Cc1ccc(SC(=Nc2cc(C)ccc2O)N(Cc2ccccc2)Cc2ccc(O)cc2)c(C)c1. The van der Waals surface area contributed by atoms with E-state index >= 15 is 0 Å². The molecule has 36 heavy (non-hydrogen) atoms. The van der Waals surface area contributed by atoms with E-state index < -0.39 is 0 Å². The fourth-order valence-corrected chi connectivity index (χ4v) is 4.77. The molecule has 0 aliphatic carbocycles. The Balaban J connectivity index is 0.00000361. The van der Waals surface area contributed by atoms with E-state index in [1.807, 2.05) is 49.4 Å². The second-order valence-corrected chi connectivity index (χ2v) is 9.77. The molecular weight excluding hydrogens is 464 g/mol. The Morgan fingerprint density at radius 2 is 1.36 bits per heavy atom. The van der Waals surface area contributed by atoms with Crippen molar-refractivity contribution < 1.29 is 10.2 Å². The summed E-state index contributed by atoms with van der Waals surface area (Å²) in [5.74, 6) is 0.394. The maximum Gasteiger partial charge on any atom is 0.170 e. The summed E-state index contributed by atoms with van der Waals surface area (Å²) < 4.78 is 0. The lowest BCUT2D eigenvalue weighted by atomic mass is 10.1. The van der Waals surface area contributed by atoms with Gasteiger partial charge in [0, 0.05) is 18.0 Å². The fourth-order valence-electron chi connectivity index (χ4n) is 3.81. The Morgan fingerprint density at radius 3 is 2.03 bits per heavy atom. The van der Waals surface area contributed by atoms with Gasteiger partial charge in [0.05, 0.1) is 0 Å². The van der Waals surface area contributed by atoms with E-state index in [0.717, 1.165) is 26.8 Å². The molecule has 0 saturated heterocycles. The van der Waals surface area contributed by atoms with E-state index in [9.17, 15) is 10.2 Å². The van der Waals surface area contributed by atoms with Gasteiger partial charge in [-0.15, -0.1) is 0 Å². The van der Waals surface area contributed by atoms with Gasteiger partial charge in [-0.2, -0.15) is 0 Å². The number of hydrogen-bond acceptors (Lipinski definition) is 4. The highest BCUT2D eigenvalue weighted by Crippen LogP contribution is 2.33. The van der Waals surface area contributed by atoms with Crippen LogP contribution in [0.3, 0.4) is 0 Å². The molecule has 5 heteroatoms. The molecule has 0 fully saturated rings. The summed E-state index contributed by atoms with van der Waals surface area (Å²) in [6.07, 6.45) is 0. The lowest BCUT2D eigenvalue weighted by molar-refractivity contribution is 0.413. The molecule has 0 aromatic heterocycles. The van der Waals surface area contributed by atoms with E-state index in [-0.39, 0.29) is 18.9 Å². The molecular formula is C31H34N2O2S.